The molecule has 0 heterocycles. The Morgan fingerprint density at radius 2 is 1.69 bits per heavy atom. The number of nitrogens with zero attached hydrogens (tertiary/aromatic N) is 2. The molecule has 0 spiro atoms. The molecule has 90 valence electrons. The Kier molecular flexibility index (Phi) is 6.55. The highest BCUT2D eigenvalue weighted by Gasteiger charge is 2.21. The Bertz CT molecular complexity index is 282. The average molecular weight is 224 g/mol. The first-order valence-corrected chi connectivity index (χ1v) is 5.59. The molecule has 0 saturated heterocycles. The molecular weight excluding hydrogens is 204 g/mol. The first-order valence-electron chi connectivity index (χ1n) is 5.59. The third kappa shape index (κ3) is 6.28. The molecule has 0 saturated carbocycles. The van der Waals surface area contributed by atoms with Crippen molar-refractivity contribution in [1.82, 2.24) is 0 Å². The van der Waals surface area contributed by atoms with E-state index in [2.05, 4.69) is 37.7 Å². The molecule has 0 aromatic carbocycles. The van der Waals surface area contributed by atoms with Gasteiger partial charge in [-0.15, -0.1) is 0 Å². The van der Waals surface area contributed by atoms with Gasteiger partial charge in [0.2, 0.25) is 12.2 Å². The smallest absolute Gasteiger partial charge is 0.211 e. The van der Waals surface area contributed by atoms with Gasteiger partial charge in [0.25, 0.3) is 0 Å². The normalized spacial score (nSPS) is 14.5. The first-order chi connectivity index (χ1) is 7.45. The van der Waals surface area contributed by atoms with Crippen molar-refractivity contribution in [3.63, 3.8) is 0 Å². The van der Waals surface area contributed by atoms with E-state index in [-0.39, 0.29) is 5.41 Å². The van der Waals surface area contributed by atoms with Crippen LogP contribution in [0.15, 0.2) is 9.98 Å². The summed E-state index contributed by atoms with van der Waals surface area (Å²) in [5, 5.41) is 0. The van der Waals surface area contributed by atoms with E-state index in [1.807, 2.05) is 0 Å². The van der Waals surface area contributed by atoms with Crippen molar-refractivity contribution in [3.8, 4) is 0 Å². The number of rotatable bonds is 7. The second kappa shape index (κ2) is 7.10. The van der Waals surface area contributed by atoms with Crippen molar-refractivity contribution in [2.75, 3.05) is 0 Å². The van der Waals surface area contributed by atoms with Crippen molar-refractivity contribution in [2.24, 2.45) is 21.3 Å². The summed E-state index contributed by atoms with van der Waals surface area (Å²) in [5.41, 5.74) is 0.264. The van der Waals surface area contributed by atoms with E-state index in [9.17, 15) is 9.59 Å². The molecule has 0 aliphatic carbocycles. The van der Waals surface area contributed by atoms with Gasteiger partial charge in [-0.3, -0.25) is 0 Å². The lowest BCUT2D eigenvalue weighted by Crippen LogP contribution is -2.17. The first kappa shape index (κ1) is 14.8. The van der Waals surface area contributed by atoms with Crippen molar-refractivity contribution in [3.05, 3.63) is 0 Å². The van der Waals surface area contributed by atoms with Gasteiger partial charge < -0.3 is 0 Å². The van der Waals surface area contributed by atoms with Gasteiger partial charge in [-0.25, -0.2) is 9.59 Å². The van der Waals surface area contributed by atoms with Crippen LogP contribution in [0.3, 0.4) is 0 Å². The van der Waals surface area contributed by atoms with Crippen LogP contribution in [0.2, 0.25) is 0 Å². The van der Waals surface area contributed by atoms with Crippen LogP contribution in [-0.2, 0) is 9.59 Å². The van der Waals surface area contributed by atoms with Crippen molar-refractivity contribution >= 4 is 12.2 Å². The zero-order chi connectivity index (χ0) is 12.6. The quantitative estimate of drug-likeness (QED) is 0.493. The monoisotopic (exact) mass is 224 g/mol. The van der Waals surface area contributed by atoms with E-state index in [0.29, 0.717) is 12.3 Å². The van der Waals surface area contributed by atoms with Crippen LogP contribution < -0.4 is 0 Å². The average Bonchev–Trinajstić information content (AvgIpc) is 2.17. The maximum absolute atomic E-state index is 10.1. The summed E-state index contributed by atoms with van der Waals surface area (Å²) >= 11 is 0. The van der Waals surface area contributed by atoms with Gasteiger partial charge in [0.15, 0.2) is 6.17 Å². The summed E-state index contributed by atoms with van der Waals surface area (Å²) in [5.74, 6) is 0.356. The Morgan fingerprint density at radius 1 is 1.19 bits per heavy atom. The highest BCUT2D eigenvalue weighted by molar-refractivity contribution is 5.36. The van der Waals surface area contributed by atoms with Crippen molar-refractivity contribution < 1.29 is 9.59 Å². The molecule has 16 heavy (non-hydrogen) atoms. The van der Waals surface area contributed by atoms with E-state index in [1.54, 1.807) is 0 Å². The van der Waals surface area contributed by atoms with Crippen molar-refractivity contribution in [1.29, 1.82) is 0 Å². The lowest BCUT2D eigenvalue weighted by molar-refractivity contribution is 0.252. The van der Waals surface area contributed by atoms with E-state index < -0.39 is 6.17 Å². The second-order valence-corrected chi connectivity index (χ2v) is 4.98. The van der Waals surface area contributed by atoms with Crippen LogP contribution in [0.4, 0.5) is 0 Å². The molecule has 0 bridgehead atoms. The summed E-state index contributed by atoms with van der Waals surface area (Å²) in [6.45, 7) is 8.62. The van der Waals surface area contributed by atoms with Crippen molar-refractivity contribution in [2.45, 2.75) is 53.1 Å². The van der Waals surface area contributed by atoms with E-state index in [0.717, 1.165) is 12.8 Å². The summed E-state index contributed by atoms with van der Waals surface area (Å²) in [6.07, 6.45) is 4.96. The van der Waals surface area contributed by atoms with Gasteiger partial charge in [-0.2, -0.15) is 9.98 Å². The minimum atomic E-state index is -0.613. The number of carbonyl (C=O) groups excluding carboxylic acids is 2. The van der Waals surface area contributed by atoms with E-state index in [4.69, 9.17) is 0 Å². The highest BCUT2D eigenvalue weighted by atomic mass is 16.1. The van der Waals surface area contributed by atoms with Crippen LogP contribution in [-0.4, -0.2) is 18.3 Å². The molecule has 0 fully saturated rings. The van der Waals surface area contributed by atoms with Gasteiger partial charge >= 0.3 is 0 Å². The molecule has 4 nitrogen and oxygen atoms in total. The minimum Gasteiger partial charge on any atom is -0.211 e. The Balaban J connectivity index is 4.35. The number of hydrogen-bond donors (Lipinski definition) is 0. The van der Waals surface area contributed by atoms with Crippen LogP contribution in [0.5, 0.6) is 0 Å². The topological polar surface area (TPSA) is 58.9 Å². The molecule has 0 rings (SSSR count). The molecule has 0 amide bonds. The van der Waals surface area contributed by atoms with Gasteiger partial charge in [-0.1, -0.05) is 34.1 Å². The minimum absolute atomic E-state index is 0.264. The van der Waals surface area contributed by atoms with E-state index >= 15 is 0 Å². The number of hydrogen-bond acceptors (Lipinski definition) is 4. The maximum Gasteiger partial charge on any atom is 0.237 e. The molecule has 0 radical (unpaired) electrons. The van der Waals surface area contributed by atoms with Gasteiger partial charge in [-0.05, 0) is 24.2 Å². The number of isocyanates is 2. The molecule has 1 unspecified atom stereocenters. The molecule has 1 atom stereocenters. The van der Waals surface area contributed by atoms with Gasteiger partial charge in [0.05, 0.1) is 0 Å². The summed E-state index contributed by atoms with van der Waals surface area (Å²) in [4.78, 5) is 27.2. The lowest BCUT2D eigenvalue weighted by atomic mass is 9.80. The third-order valence-corrected chi connectivity index (χ3v) is 2.87. The molecule has 4 heteroatoms. The molecule has 0 N–H and O–H groups in total. The molecule has 0 aromatic rings. The predicted molar refractivity (Wildman–Crippen MR) is 62.5 cm³/mol. The Labute approximate surface area is 96.9 Å². The SMILES string of the molecule is CCC(C)(C)CC(C)CC(N=C=O)N=C=O. The standard InChI is InChI=1S/C12H20N2O2/c1-5-12(3,4)7-10(2)6-11(13-8-15)14-9-16/h10-11H,5-7H2,1-4H3. The third-order valence-electron chi connectivity index (χ3n) is 2.87. The number of aliphatic imine (C=N–C) groups is 2. The molecule has 0 aliphatic rings. The molecule has 0 aromatic heterocycles. The van der Waals surface area contributed by atoms with Gasteiger partial charge in [0.1, 0.15) is 0 Å². The largest absolute Gasteiger partial charge is 0.237 e. The Morgan fingerprint density at radius 3 is 2.06 bits per heavy atom. The fraction of sp³-hybridized carbons (Fsp3) is 0.833. The summed E-state index contributed by atoms with van der Waals surface area (Å²) in [6, 6.07) is 0. The van der Waals surface area contributed by atoms with Crippen LogP contribution in [0.1, 0.15) is 47.0 Å². The molecule has 0 aliphatic heterocycles. The predicted octanol–water partition coefficient (Wildman–Crippen LogP) is 2.84. The molecular formula is C12H20N2O2. The highest BCUT2D eigenvalue weighted by Crippen LogP contribution is 2.30. The zero-order valence-electron chi connectivity index (χ0n) is 10.5. The lowest BCUT2D eigenvalue weighted by Gasteiger charge is -2.26. The van der Waals surface area contributed by atoms with Crippen LogP contribution >= 0.6 is 0 Å². The second-order valence-electron chi connectivity index (χ2n) is 4.98. The zero-order valence-corrected chi connectivity index (χ0v) is 10.5. The fourth-order valence-electron chi connectivity index (χ4n) is 1.79. The van der Waals surface area contributed by atoms with Gasteiger partial charge in [0, 0.05) is 0 Å². The van der Waals surface area contributed by atoms with Crippen LogP contribution in [0.25, 0.3) is 0 Å². The Hall–Kier alpha value is -1.24. The van der Waals surface area contributed by atoms with Crippen LogP contribution in [0, 0.1) is 11.3 Å². The fourth-order valence-corrected chi connectivity index (χ4v) is 1.79. The summed E-state index contributed by atoms with van der Waals surface area (Å²) < 4.78 is 0. The summed E-state index contributed by atoms with van der Waals surface area (Å²) in [7, 11) is 0. The van der Waals surface area contributed by atoms with E-state index in [1.165, 1.54) is 12.2 Å². The maximum atomic E-state index is 10.1.